The molecule has 24 heavy (non-hydrogen) atoms. The summed E-state index contributed by atoms with van der Waals surface area (Å²) < 4.78 is 1.77. The molecule has 1 aliphatic carbocycles. The number of pyridine rings is 1. The lowest BCUT2D eigenvalue weighted by Gasteiger charge is -2.51. The minimum atomic E-state index is -0.419. The van der Waals surface area contributed by atoms with E-state index in [9.17, 15) is 10.1 Å². The van der Waals surface area contributed by atoms with Gasteiger partial charge in [-0.1, -0.05) is 0 Å². The van der Waals surface area contributed by atoms with E-state index in [4.69, 9.17) is 0 Å². The summed E-state index contributed by atoms with van der Waals surface area (Å²) >= 11 is 0. The third-order valence-corrected chi connectivity index (χ3v) is 5.47. The summed E-state index contributed by atoms with van der Waals surface area (Å²) in [5.74, 6) is 2.28. The highest BCUT2D eigenvalue weighted by atomic mass is 16.6. The van der Waals surface area contributed by atoms with Crippen molar-refractivity contribution in [3.63, 3.8) is 0 Å². The Hall–Kier alpha value is -2.58. The average Bonchev–Trinajstić information content (AvgIpc) is 2.98. The number of hydrogen-bond acceptors (Lipinski definition) is 7. The van der Waals surface area contributed by atoms with Gasteiger partial charge in [0.15, 0.2) is 5.82 Å². The fourth-order valence-electron chi connectivity index (χ4n) is 4.04. The molecule has 1 saturated heterocycles. The second-order valence-electron chi connectivity index (χ2n) is 6.88. The van der Waals surface area contributed by atoms with Crippen molar-refractivity contribution in [1.82, 2.24) is 25.2 Å². The Bertz CT molecular complexity index is 741. The third-order valence-electron chi connectivity index (χ3n) is 5.47. The Morgan fingerprint density at radius 2 is 2.04 bits per heavy atom. The zero-order chi connectivity index (χ0) is 16.7. The van der Waals surface area contributed by atoms with E-state index >= 15 is 0 Å². The fraction of sp³-hybridized carbons (Fsp3) is 0.600. The van der Waals surface area contributed by atoms with Crippen LogP contribution in [0.25, 0.3) is 0 Å². The van der Waals surface area contributed by atoms with Gasteiger partial charge in [-0.15, -0.1) is 5.10 Å². The molecule has 0 bridgehead atoms. The Labute approximate surface area is 138 Å². The highest BCUT2D eigenvalue weighted by Crippen LogP contribution is 2.56. The number of hydrogen-bond donors (Lipinski definition) is 0. The largest absolute Gasteiger partial charge is 0.357 e. The van der Waals surface area contributed by atoms with Gasteiger partial charge in [-0.25, -0.2) is 9.67 Å². The molecular weight excluding hydrogens is 310 g/mol. The lowest BCUT2D eigenvalue weighted by atomic mass is 9.57. The maximum atomic E-state index is 10.7. The summed E-state index contributed by atoms with van der Waals surface area (Å²) in [4.78, 5) is 16.7. The van der Waals surface area contributed by atoms with E-state index in [0.717, 1.165) is 50.4 Å². The zero-order valence-corrected chi connectivity index (χ0v) is 13.5. The number of piperidine rings is 1. The van der Waals surface area contributed by atoms with Crippen LogP contribution in [0.1, 0.15) is 37.4 Å². The molecule has 2 aromatic heterocycles. The molecule has 2 aromatic rings. The summed E-state index contributed by atoms with van der Waals surface area (Å²) in [5, 5.41) is 22.5. The third kappa shape index (κ3) is 2.49. The molecule has 1 spiro atoms. The smallest absolute Gasteiger partial charge is 0.287 e. The van der Waals surface area contributed by atoms with Gasteiger partial charge < -0.3 is 4.90 Å². The molecule has 2 fully saturated rings. The molecule has 0 atom stereocenters. The van der Waals surface area contributed by atoms with Gasteiger partial charge >= 0.3 is 0 Å². The summed E-state index contributed by atoms with van der Waals surface area (Å²) in [7, 11) is 1.89. The molecule has 3 heterocycles. The maximum Gasteiger partial charge on any atom is 0.287 e. The first-order valence-corrected chi connectivity index (χ1v) is 8.14. The second-order valence-corrected chi connectivity index (χ2v) is 6.88. The second kappa shape index (κ2) is 5.50. The first kappa shape index (κ1) is 15.0. The number of nitrogens with zero attached hydrogens (tertiary/aromatic N) is 7. The van der Waals surface area contributed by atoms with Crippen LogP contribution >= 0.6 is 0 Å². The van der Waals surface area contributed by atoms with E-state index in [1.54, 1.807) is 10.7 Å². The van der Waals surface area contributed by atoms with Gasteiger partial charge in [-0.05, 0) is 47.6 Å². The average molecular weight is 329 g/mol. The van der Waals surface area contributed by atoms with Crippen molar-refractivity contribution < 1.29 is 4.92 Å². The van der Waals surface area contributed by atoms with E-state index in [-0.39, 0.29) is 5.69 Å². The molecule has 9 nitrogen and oxygen atoms in total. The van der Waals surface area contributed by atoms with Crippen LogP contribution in [0.2, 0.25) is 0 Å². The SMILES string of the molecule is Cn1nnnc1C1CC2(CCN(c3ccc([N+](=O)[O-])cn3)CC2)C1. The normalized spacial score (nSPS) is 20.1. The summed E-state index contributed by atoms with van der Waals surface area (Å²) in [6.45, 7) is 1.88. The maximum absolute atomic E-state index is 10.7. The molecule has 0 amide bonds. The van der Waals surface area contributed by atoms with Crippen molar-refractivity contribution in [2.75, 3.05) is 18.0 Å². The molecule has 0 aromatic carbocycles. The van der Waals surface area contributed by atoms with Gasteiger partial charge in [0.2, 0.25) is 0 Å². The lowest BCUT2D eigenvalue weighted by Crippen LogP contribution is -2.47. The van der Waals surface area contributed by atoms with Gasteiger partial charge in [-0.2, -0.15) is 0 Å². The highest BCUT2D eigenvalue weighted by Gasteiger charge is 2.47. The van der Waals surface area contributed by atoms with Crippen LogP contribution in [-0.2, 0) is 7.05 Å². The quantitative estimate of drug-likeness (QED) is 0.623. The van der Waals surface area contributed by atoms with Crippen LogP contribution in [0.15, 0.2) is 18.3 Å². The predicted molar refractivity (Wildman–Crippen MR) is 85.5 cm³/mol. The van der Waals surface area contributed by atoms with Crippen molar-refractivity contribution in [1.29, 1.82) is 0 Å². The van der Waals surface area contributed by atoms with Crippen LogP contribution in [0.4, 0.5) is 11.5 Å². The van der Waals surface area contributed by atoms with E-state index < -0.39 is 4.92 Å². The topological polar surface area (TPSA) is 103 Å². The van der Waals surface area contributed by atoms with Crippen molar-refractivity contribution >= 4 is 11.5 Å². The number of nitro groups is 1. The summed E-state index contributed by atoms with van der Waals surface area (Å²) in [6.07, 6.45) is 5.85. The van der Waals surface area contributed by atoms with Gasteiger partial charge in [0.1, 0.15) is 12.0 Å². The Morgan fingerprint density at radius 1 is 1.29 bits per heavy atom. The van der Waals surface area contributed by atoms with Crippen molar-refractivity contribution in [2.45, 2.75) is 31.6 Å². The number of aryl methyl sites for hydroxylation is 1. The molecule has 126 valence electrons. The van der Waals surface area contributed by atoms with Crippen LogP contribution in [0.3, 0.4) is 0 Å². The molecule has 1 aliphatic heterocycles. The number of tetrazole rings is 1. The first-order chi connectivity index (χ1) is 11.6. The number of rotatable bonds is 3. The van der Waals surface area contributed by atoms with Crippen LogP contribution in [0, 0.1) is 15.5 Å². The van der Waals surface area contributed by atoms with Gasteiger partial charge in [-0.3, -0.25) is 10.1 Å². The van der Waals surface area contributed by atoms with Crippen LogP contribution in [-0.4, -0.2) is 43.2 Å². The minimum absolute atomic E-state index is 0.0337. The Morgan fingerprint density at radius 3 is 2.58 bits per heavy atom. The van der Waals surface area contributed by atoms with E-state index in [1.807, 2.05) is 7.05 Å². The molecule has 2 aliphatic rings. The lowest BCUT2D eigenvalue weighted by molar-refractivity contribution is -0.385. The van der Waals surface area contributed by atoms with Crippen LogP contribution < -0.4 is 4.90 Å². The standard InChI is InChI=1S/C15H19N7O2/c1-20-14(17-18-19-20)11-8-15(9-11)4-6-21(7-5-15)13-3-2-12(10-16-13)22(23)24/h2-3,10-11H,4-9H2,1H3. The van der Waals surface area contributed by atoms with E-state index in [1.165, 1.54) is 12.3 Å². The Balaban J connectivity index is 1.36. The van der Waals surface area contributed by atoms with Crippen molar-refractivity contribution in [2.24, 2.45) is 12.5 Å². The summed E-state index contributed by atoms with van der Waals surface area (Å²) in [6, 6.07) is 3.26. The Kier molecular flexibility index (Phi) is 3.43. The highest BCUT2D eigenvalue weighted by molar-refractivity contribution is 5.43. The fourth-order valence-corrected chi connectivity index (χ4v) is 4.04. The molecule has 1 saturated carbocycles. The monoisotopic (exact) mass is 329 g/mol. The molecule has 0 unspecified atom stereocenters. The zero-order valence-electron chi connectivity index (χ0n) is 13.5. The molecule has 4 rings (SSSR count). The number of anilines is 1. The molecular formula is C15H19N7O2. The van der Waals surface area contributed by atoms with Gasteiger partial charge in [0.05, 0.1) is 4.92 Å². The van der Waals surface area contributed by atoms with Gasteiger partial charge in [0.25, 0.3) is 5.69 Å². The minimum Gasteiger partial charge on any atom is -0.357 e. The summed E-state index contributed by atoms with van der Waals surface area (Å²) in [5.41, 5.74) is 0.430. The molecule has 0 radical (unpaired) electrons. The predicted octanol–water partition coefficient (Wildman–Crippen LogP) is 1.68. The van der Waals surface area contributed by atoms with Crippen molar-refractivity contribution in [3.8, 4) is 0 Å². The van der Waals surface area contributed by atoms with E-state index in [0.29, 0.717) is 11.3 Å². The molecule has 9 heteroatoms. The molecule has 0 N–H and O–H groups in total. The van der Waals surface area contributed by atoms with Crippen LogP contribution in [0.5, 0.6) is 0 Å². The number of aromatic nitrogens is 5. The van der Waals surface area contributed by atoms with Crippen molar-refractivity contribution in [3.05, 3.63) is 34.3 Å². The van der Waals surface area contributed by atoms with E-state index in [2.05, 4.69) is 25.4 Å². The van der Waals surface area contributed by atoms with Gasteiger partial charge in [0, 0.05) is 32.1 Å². The first-order valence-electron chi connectivity index (χ1n) is 8.14.